The summed E-state index contributed by atoms with van der Waals surface area (Å²) in [5, 5.41) is 3.84. The van der Waals surface area contributed by atoms with Gasteiger partial charge in [0.05, 0.1) is 81.6 Å². The quantitative estimate of drug-likeness (QED) is 0.0884. The summed E-state index contributed by atoms with van der Waals surface area (Å²) in [6.07, 6.45) is 8.60. The molecule has 0 bridgehead atoms. The van der Waals surface area contributed by atoms with Crippen LogP contribution in [0.1, 0.15) is 61.0 Å². The van der Waals surface area contributed by atoms with E-state index in [2.05, 4.69) is 67.2 Å². The third kappa shape index (κ3) is 12.7. The minimum absolute atomic E-state index is 0. The first-order valence-corrected chi connectivity index (χ1v) is 24.2. The lowest BCUT2D eigenvalue weighted by atomic mass is 10.0. The van der Waals surface area contributed by atoms with E-state index in [9.17, 15) is 0 Å². The summed E-state index contributed by atoms with van der Waals surface area (Å²) < 4.78 is 14.9. The third-order valence-corrected chi connectivity index (χ3v) is 14.1. The van der Waals surface area contributed by atoms with E-state index in [-0.39, 0.29) is 36.4 Å². The van der Waals surface area contributed by atoms with Crippen LogP contribution in [0, 0.1) is 0 Å². The Morgan fingerprint density at radius 2 is 0.925 bits per heavy atom. The van der Waals surface area contributed by atoms with Crippen LogP contribution in [-0.2, 0) is 11.5 Å². The number of nitrogens with two attached hydrogens (primary N) is 2. The van der Waals surface area contributed by atoms with Gasteiger partial charge in [-0.3, -0.25) is 0 Å². The molecule has 4 N–H and O–H groups in total. The maximum absolute atomic E-state index is 6.35. The van der Waals surface area contributed by atoms with E-state index in [4.69, 9.17) is 77.3 Å². The Hall–Kier alpha value is -5.19. The van der Waals surface area contributed by atoms with Gasteiger partial charge >= 0.3 is 0 Å². The molecule has 4 aromatic heterocycles. The van der Waals surface area contributed by atoms with Crippen molar-refractivity contribution in [2.24, 2.45) is 0 Å². The van der Waals surface area contributed by atoms with Gasteiger partial charge in [-0.15, -0.1) is 12.4 Å². The summed E-state index contributed by atoms with van der Waals surface area (Å²) in [7, 11) is 3.33. The molecular weight excluding hydrogens is 990 g/mol. The molecule has 8 rings (SSSR count). The minimum atomic E-state index is -0.0215. The fraction of sp³-hybridized carbons (Fsp3) is 0.208. The Bertz CT molecular complexity index is 2690. The monoisotopic (exact) mass is 1030 g/mol. The summed E-state index contributed by atoms with van der Waals surface area (Å²) >= 11 is 28.4. The molecule has 0 spiro atoms. The van der Waals surface area contributed by atoms with Crippen LogP contribution in [0.3, 0.4) is 0 Å². The molecule has 0 amide bonds. The molecule has 0 aliphatic carbocycles. The minimum Gasteiger partial charge on any atom is -0.497 e. The normalized spacial score (nSPS) is 11.8. The van der Waals surface area contributed by atoms with Crippen molar-refractivity contribution in [2.45, 2.75) is 60.6 Å². The molecule has 4 heterocycles. The first-order valence-electron chi connectivity index (χ1n) is 20.7. The van der Waals surface area contributed by atoms with E-state index in [0.717, 1.165) is 68.7 Å². The Balaban J connectivity index is 0.000000218. The standard InChI is InChI=1S/2C24H23Cl2N5OS.ClH/c2*1-3-21(16-6-9-18(25)19(26)12-16)31-22(20-10-11-28-23(27)30-20)13-29-24(31)33-14-15-4-7-17(32-2)8-5-15;/h2*4-13,21H,3,14H2,1-2H3,(H2,27,28,30);1H. The Morgan fingerprint density at radius 3 is 1.25 bits per heavy atom. The number of benzene rings is 4. The number of hydrogen-bond donors (Lipinski definition) is 2. The van der Waals surface area contributed by atoms with Crippen molar-refractivity contribution >= 4 is 94.2 Å². The number of ether oxygens (including phenoxy) is 2. The van der Waals surface area contributed by atoms with Gasteiger partial charge in [0, 0.05) is 23.9 Å². The van der Waals surface area contributed by atoms with Crippen molar-refractivity contribution in [3.8, 4) is 34.3 Å². The number of nitrogen functional groups attached to an aromatic ring is 2. The highest BCUT2D eigenvalue weighted by atomic mass is 35.5. The number of thioether (sulfide) groups is 2. The van der Waals surface area contributed by atoms with E-state index < -0.39 is 0 Å². The summed E-state index contributed by atoms with van der Waals surface area (Å²) in [6.45, 7) is 4.26. The van der Waals surface area contributed by atoms with Crippen LogP contribution in [-0.4, -0.2) is 53.3 Å². The Labute approximate surface area is 424 Å². The molecule has 67 heavy (non-hydrogen) atoms. The fourth-order valence-electron chi connectivity index (χ4n) is 7.23. The average Bonchev–Trinajstić information content (AvgIpc) is 3.95. The van der Waals surface area contributed by atoms with Crippen LogP contribution < -0.4 is 20.9 Å². The number of methoxy groups -OCH3 is 2. The first kappa shape index (κ1) is 51.2. The summed E-state index contributed by atoms with van der Waals surface area (Å²) in [6, 6.07) is 31.2. The number of halogens is 5. The van der Waals surface area contributed by atoms with Crippen molar-refractivity contribution in [2.75, 3.05) is 25.7 Å². The zero-order chi connectivity index (χ0) is 46.7. The van der Waals surface area contributed by atoms with Crippen LogP contribution in [0.4, 0.5) is 11.9 Å². The molecule has 0 aliphatic rings. The molecule has 2 unspecified atom stereocenters. The number of hydrogen-bond acceptors (Lipinski definition) is 12. The Kier molecular flexibility index (Phi) is 18.5. The van der Waals surface area contributed by atoms with Crippen LogP contribution in [0.25, 0.3) is 22.8 Å². The highest BCUT2D eigenvalue weighted by Crippen LogP contribution is 2.39. The lowest BCUT2D eigenvalue weighted by Gasteiger charge is -2.23. The molecule has 0 fully saturated rings. The van der Waals surface area contributed by atoms with Gasteiger partial charge in [0.25, 0.3) is 0 Å². The summed E-state index contributed by atoms with van der Waals surface area (Å²) in [4.78, 5) is 26.4. The molecule has 0 saturated heterocycles. The van der Waals surface area contributed by atoms with Gasteiger partial charge in [-0.2, -0.15) is 0 Å². The number of anilines is 2. The SMILES string of the molecule is CCC(c1ccc(Cl)c(Cl)c1)n1c(-c2ccnc(N)n2)cnc1SCc1ccc(OC)cc1.CCC(c1ccc(Cl)c(Cl)c1)n1c(-c2ccnc(N)n2)cnc1SCc1ccc(OC)cc1.Cl. The van der Waals surface area contributed by atoms with E-state index in [1.807, 2.05) is 85.2 Å². The number of rotatable bonds is 16. The van der Waals surface area contributed by atoms with Gasteiger partial charge < -0.3 is 30.1 Å². The summed E-state index contributed by atoms with van der Waals surface area (Å²) in [5.74, 6) is 3.61. The highest BCUT2D eigenvalue weighted by molar-refractivity contribution is 7.98. The molecule has 0 aliphatic heterocycles. The second-order valence-corrected chi connectivity index (χ2v) is 18.2. The zero-order valence-corrected chi connectivity index (χ0v) is 42.3. The summed E-state index contributed by atoms with van der Waals surface area (Å²) in [5.41, 5.74) is 19.3. The molecule has 8 aromatic rings. The predicted molar refractivity (Wildman–Crippen MR) is 277 cm³/mol. The van der Waals surface area contributed by atoms with Crippen molar-refractivity contribution in [1.29, 1.82) is 0 Å². The molecule has 19 heteroatoms. The van der Waals surface area contributed by atoms with E-state index >= 15 is 0 Å². The lowest BCUT2D eigenvalue weighted by molar-refractivity contribution is 0.414. The van der Waals surface area contributed by atoms with Crippen LogP contribution >= 0.6 is 82.3 Å². The largest absolute Gasteiger partial charge is 0.497 e. The van der Waals surface area contributed by atoms with Gasteiger partial charge in [-0.1, -0.05) is 120 Å². The van der Waals surface area contributed by atoms with E-state index in [0.29, 0.717) is 31.5 Å². The number of aromatic nitrogens is 8. The molecule has 348 valence electrons. The van der Waals surface area contributed by atoms with Crippen LogP contribution in [0.5, 0.6) is 11.5 Å². The molecule has 0 radical (unpaired) electrons. The topological polar surface area (TPSA) is 158 Å². The van der Waals surface area contributed by atoms with Crippen molar-refractivity contribution in [1.82, 2.24) is 39.0 Å². The second kappa shape index (κ2) is 24.2. The Morgan fingerprint density at radius 1 is 0.537 bits per heavy atom. The molecular formula is C48H47Cl5N10O2S2. The van der Waals surface area contributed by atoms with Gasteiger partial charge in [0.1, 0.15) is 11.5 Å². The molecule has 4 aromatic carbocycles. The third-order valence-electron chi connectivity index (χ3n) is 10.5. The molecule has 0 saturated carbocycles. The number of nitrogens with zero attached hydrogens (tertiary/aromatic N) is 8. The number of imidazole rings is 2. The zero-order valence-electron chi connectivity index (χ0n) is 36.8. The van der Waals surface area contributed by atoms with Crippen LogP contribution in [0.2, 0.25) is 20.1 Å². The van der Waals surface area contributed by atoms with Gasteiger partial charge in [-0.05, 0) is 95.8 Å². The smallest absolute Gasteiger partial charge is 0.220 e. The predicted octanol–water partition coefficient (Wildman–Crippen LogP) is 13.5. The van der Waals surface area contributed by atoms with Crippen molar-refractivity contribution < 1.29 is 9.47 Å². The van der Waals surface area contributed by atoms with Crippen molar-refractivity contribution in [3.63, 3.8) is 0 Å². The maximum atomic E-state index is 6.35. The molecule has 2 atom stereocenters. The van der Waals surface area contributed by atoms with Gasteiger partial charge in [-0.25, -0.2) is 29.9 Å². The van der Waals surface area contributed by atoms with Gasteiger partial charge in [0.15, 0.2) is 10.3 Å². The van der Waals surface area contributed by atoms with Crippen LogP contribution in [0.15, 0.2) is 132 Å². The van der Waals surface area contributed by atoms with E-state index in [1.54, 1.807) is 50.1 Å². The fourth-order valence-corrected chi connectivity index (χ4v) is 9.80. The molecule has 12 nitrogen and oxygen atoms in total. The second-order valence-electron chi connectivity index (χ2n) is 14.7. The van der Waals surface area contributed by atoms with Gasteiger partial charge in [0.2, 0.25) is 11.9 Å². The highest BCUT2D eigenvalue weighted by Gasteiger charge is 2.24. The van der Waals surface area contributed by atoms with E-state index in [1.165, 1.54) is 11.1 Å². The average molecular weight is 1040 g/mol. The first-order chi connectivity index (χ1) is 32.0. The lowest BCUT2D eigenvalue weighted by Crippen LogP contribution is -2.13. The maximum Gasteiger partial charge on any atom is 0.220 e. The van der Waals surface area contributed by atoms with Crippen molar-refractivity contribution in [3.05, 3.63) is 164 Å².